The van der Waals surface area contributed by atoms with E-state index in [0.717, 1.165) is 43.6 Å². The molecule has 0 aromatic carbocycles. The van der Waals surface area contributed by atoms with E-state index in [4.69, 9.17) is 5.73 Å². The standard InChI is InChI=1S/C16H23N5O/c17-8-4-2-1-3-6-16(22)19-13-14-7-10-18-15(12-14)21-11-5-9-20-21/h5,7,9-12H,1-4,6,8,13,17H2,(H,19,22). The summed E-state index contributed by atoms with van der Waals surface area (Å²) in [6.45, 7) is 1.24. The van der Waals surface area contributed by atoms with Gasteiger partial charge in [0.2, 0.25) is 5.91 Å². The van der Waals surface area contributed by atoms with Gasteiger partial charge >= 0.3 is 0 Å². The van der Waals surface area contributed by atoms with Crippen molar-refractivity contribution in [2.24, 2.45) is 5.73 Å². The molecule has 0 saturated carbocycles. The second-order valence-corrected chi connectivity index (χ2v) is 5.20. The number of hydrogen-bond acceptors (Lipinski definition) is 4. The highest BCUT2D eigenvalue weighted by molar-refractivity contribution is 5.75. The van der Waals surface area contributed by atoms with E-state index in [1.807, 2.05) is 24.4 Å². The molecule has 118 valence electrons. The maximum Gasteiger partial charge on any atom is 0.220 e. The Morgan fingerprint density at radius 1 is 1.23 bits per heavy atom. The van der Waals surface area contributed by atoms with Crippen LogP contribution in [0.4, 0.5) is 0 Å². The smallest absolute Gasteiger partial charge is 0.220 e. The average molecular weight is 301 g/mol. The van der Waals surface area contributed by atoms with Crippen molar-refractivity contribution in [1.29, 1.82) is 0 Å². The number of nitrogens with zero attached hydrogens (tertiary/aromatic N) is 3. The molecule has 0 aliphatic carbocycles. The molecule has 1 amide bonds. The average Bonchev–Trinajstić information content (AvgIpc) is 3.07. The lowest BCUT2D eigenvalue weighted by molar-refractivity contribution is -0.121. The molecule has 0 bridgehead atoms. The molecular formula is C16H23N5O. The van der Waals surface area contributed by atoms with Crippen LogP contribution in [0.3, 0.4) is 0 Å². The maximum atomic E-state index is 11.8. The van der Waals surface area contributed by atoms with E-state index < -0.39 is 0 Å². The summed E-state index contributed by atoms with van der Waals surface area (Å²) in [5.41, 5.74) is 6.45. The molecule has 0 aliphatic rings. The summed E-state index contributed by atoms with van der Waals surface area (Å²) >= 11 is 0. The Balaban J connectivity index is 1.75. The third kappa shape index (κ3) is 5.29. The van der Waals surface area contributed by atoms with Crippen molar-refractivity contribution in [3.05, 3.63) is 42.4 Å². The molecule has 0 saturated heterocycles. The zero-order valence-corrected chi connectivity index (χ0v) is 12.7. The molecular weight excluding hydrogens is 278 g/mol. The summed E-state index contributed by atoms with van der Waals surface area (Å²) in [5.74, 6) is 0.837. The van der Waals surface area contributed by atoms with Gasteiger partial charge in [0.1, 0.15) is 0 Å². The molecule has 0 radical (unpaired) electrons. The number of amides is 1. The van der Waals surface area contributed by atoms with Gasteiger partial charge in [0.25, 0.3) is 0 Å². The van der Waals surface area contributed by atoms with Crippen molar-refractivity contribution in [3.63, 3.8) is 0 Å². The van der Waals surface area contributed by atoms with Gasteiger partial charge in [0.05, 0.1) is 0 Å². The molecule has 0 atom stereocenters. The quantitative estimate of drug-likeness (QED) is 0.691. The predicted octanol–water partition coefficient (Wildman–Crippen LogP) is 1.79. The van der Waals surface area contributed by atoms with Gasteiger partial charge in [-0.15, -0.1) is 0 Å². The molecule has 0 spiro atoms. The Bertz CT molecular complexity index is 568. The number of pyridine rings is 1. The van der Waals surface area contributed by atoms with Crippen LogP contribution in [-0.2, 0) is 11.3 Å². The molecule has 3 N–H and O–H groups in total. The highest BCUT2D eigenvalue weighted by Gasteiger charge is 2.03. The van der Waals surface area contributed by atoms with Crippen LogP contribution in [0.15, 0.2) is 36.8 Å². The van der Waals surface area contributed by atoms with Gasteiger partial charge < -0.3 is 11.1 Å². The zero-order chi connectivity index (χ0) is 15.6. The predicted molar refractivity (Wildman–Crippen MR) is 85.3 cm³/mol. The molecule has 6 heteroatoms. The first-order chi connectivity index (χ1) is 10.8. The number of nitrogens with one attached hydrogen (secondary N) is 1. The molecule has 2 rings (SSSR count). The minimum absolute atomic E-state index is 0.0881. The lowest BCUT2D eigenvalue weighted by Crippen LogP contribution is -2.22. The number of rotatable bonds is 9. The summed E-state index contributed by atoms with van der Waals surface area (Å²) in [4.78, 5) is 16.1. The second-order valence-electron chi connectivity index (χ2n) is 5.20. The minimum Gasteiger partial charge on any atom is -0.352 e. The first kappa shape index (κ1) is 16.2. The first-order valence-corrected chi connectivity index (χ1v) is 7.71. The van der Waals surface area contributed by atoms with E-state index in [1.165, 1.54) is 0 Å². The van der Waals surface area contributed by atoms with Crippen molar-refractivity contribution in [2.75, 3.05) is 6.54 Å². The van der Waals surface area contributed by atoms with E-state index in [-0.39, 0.29) is 5.91 Å². The maximum absolute atomic E-state index is 11.8. The van der Waals surface area contributed by atoms with Crippen LogP contribution >= 0.6 is 0 Å². The fourth-order valence-electron chi connectivity index (χ4n) is 2.17. The molecule has 0 fully saturated rings. The summed E-state index contributed by atoms with van der Waals surface area (Å²) in [6.07, 6.45) is 9.96. The van der Waals surface area contributed by atoms with E-state index >= 15 is 0 Å². The molecule has 2 aromatic rings. The zero-order valence-electron chi connectivity index (χ0n) is 12.7. The van der Waals surface area contributed by atoms with E-state index in [1.54, 1.807) is 17.1 Å². The molecule has 2 heterocycles. The van der Waals surface area contributed by atoms with Gasteiger partial charge in [-0.2, -0.15) is 5.10 Å². The number of unbranched alkanes of at least 4 members (excludes halogenated alkanes) is 3. The van der Waals surface area contributed by atoms with Crippen molar-refractivity contribution in [2.45, 2.75) is 38.6 Å². The first-order valence-electron chi connectivity index (χ1n) is 7.71. The van der Waals surface area contributed by atoms with Crippen LogP contribution in [0.2, 0.25) is 0 Å². The minimum atomic E-state index is 0.0881. The van der Waals surface area contributed by atoms with E-state index in [0.29, 0.717) is 13.0 Å². The molecule has 6 nitrogen and oxygen atoms in total. The monoisotopic (exact) mass is 301 g/mol. The van der Waals surface area contributed by atoms with E-state index in [9.17, 15) is 4.79 Å². The fraction of sp³-hybridized carbons (Fsp3) is 0.438. The van der Waals surface area contributed by atoms with Crippen LogP contribution < -0.4 is 11.1 Å². The van der Waals surface area contributed by atoms with Gasteiger partial charge in [-0.3, -0.25) is 4.79 Å². The van der Waals surface area contributed by atoms with Gasteiger partial charge in [-0.1, -0.05) is 12.8 Å². The van der Waals surface area contributed by atoms with Crippen LogP contribution in [0.25, 0.3) is 5.82 Å². The van der Waals surface area contributed by atoms with Gasteiger partial charge in [0, 0.05) is 31.6 Å². The van der Waals surface area contributed by atoms with Gasteiger partial charge in [0.15, 0.2) is 5.82 Å². The Labute approximate surface area is 130 Å². The van der Waals surface area contributed by atoms with Crippen molar-refractivity contribution in [1.82, 2.24) is 20.1 Å². The number of aromatic nitrogens is 3. The van der Waals surface area contributed by atoms with Gasteiger partial charge in [-0.25, -0.2) is 9.67 Å². The topological polar surface area (TPSA) is 85.8 Å². The number of carbonyl (C=O) groups excluding carboxylic acids is 1. The lowest BCUT2D eigenvalue weighted by Gasteiger charge is -2.07. The van der Waals surface area contributed by atoms with Crippen LogP contribution in [0.5, 0.6) is 0 Å². The number of hydrogen-bond donors (Lipinski definition) is 2. The molecule has 0 unspecified atom stereocenters. The fourth-order valence-corrected chi connectivity index (χ4v) is 2.17. The molecule has 2 aromatic heterocycles. The Kier molecular flexibility index (Phi) is 6.57. The third-order valence-corrected chi connectivity index (χ3v) is 3.40. The number of nitrogens with two attached hydrogens (primary N) is 1. The van der Waals surface area contributed by atoms with Crippen LogP contribution in [-0.4, -0.2) is 27.2 Å². The van der Waals surface area contributed by atoms with Crippen molar-refractivity contribution >= 4 is 5.91 Å². The van der Waals surface area contributed by atoms with Crippen LogP contribution in [0.1, 0.15) is 37.7 Å². The molecule has 0 aliphatic heterocycles. The van der Waals surface area contributed by atoms with E-state index in [2.05, 4.69) is 15.4 Å². The van der Waals surface area contributed by atoms with Gasteiger partial charge in [-0.05, 0) is 43.1 Å². The normalized spacial score (nSPS) is 10.6. The Hall–Kier alpha value is -2.21. The third-order valence-electron chi connectivity index (χ3n) is 3.40. The lowest BCUT2D eigenvalue weighted by atomic mass is 10.1. The Morgan fingerprint density at radius 2 is 2.09 bits per heavy atom. The molecule has 22 heavy (non-hydrogen) atoms. The summed E-state index contributed by atoms with van der Waals surface area (Å²) in [5, 5.41) is 7.09. The second kappa shape index (κ2) is 8.94. The summed E-state index contributed by atoms with van der Waals surface area (Å²) < 4.78 is 1.70. The number of carbonyl (C=O) groups is 1. The highest BCUT2D eigenvalue weighted by Crippen LogP contribution is 2.07. The van der Waals surface area contributed by atoms with Crippen molar-refractivity contribution in [3.8, 4) is 5.82 Å². The summed E-state index contributed by atoms with van der Waals surface area (Å²) in [6, 6.07) is 5.67. The SMILES string of the molecule is NCCCCCCC(=O)NCc1ccnc(-n2cccn2)c1. The largest absolute Gasteiger partial charge is 0.352 e. The van der Waals surface area contributed by atoms with Crippen LogP contribution in [0, 0.1) is 0 Å². The highest BCUT2D eigenvalue weighted by atomic mass is 16.1. The summed E-state index contributed by atoms with van der Waals surface area (Å²) in [7, 11) is 0. The van der Waals surface area contributed by atoms with Crippen molar-refractivity contribution < 1.29 is 4.79 Å². The Morgan fingerprint density at radius 3 is 2.86 bits per heavy atom.